The zero-order valence-corrected chi connectivity index (χ0v) is 17.5. The Labute approximate surface area is 186 Å². The molecule has 0 aromatic heterocycles. The molecule has 156 valence electrons. The number of hydrogen-bond donors (Lipinski definition) is 0. The third-order valence-electron chi connectivity index (χ3n) is 6.18. The number of hydrogen-bond acceptors (Lipinski definition) is 3. The largest absolute Gasteiger partial charge is 0.376 e. The van der Waals surface area contributed by atoms with Gasteiger partial charge in [-0.05, 0) is 48.9 Å². The van der Waals surface area contributed by atoms with Crippen LogP contribution in [0, 0.1) is 24.8 Å². The molecule has 2 saturated heterocycles. The Hall–Kier alpha value is -4.13. The van der Waals surface area contributed by atoms with Crippen molar-refractivity contribution in [3.63, 3.8) is 0 Å². The monoisotopic (exact) mass is 420 g/mol. The van der Waals surface area contributed by atoms with Gasteiger partial charge in [-0.3, -0.25) is 9.80 Å². The molecule has 5 rings (SSSR count). The van der Waals surface area contributed by atoms with Gasteiger partial charge in [0.15, 0.2) is 5.69 Å². The fourth-order valence-electron chi connectivity index (χ4n) is 4.67. The first-order valence-electron chi connectivity index (χ1n) is 10.3. The van der Waals surface area contributed by atoms with Gasteiger partial charge in [0.05, 0.1) is 37.5 Å². The Morgan fingerprint density at radius 2 is 1.75 bits per heavy atom. The van der Waals surface area contributed by atoms with Crippen LogP contribution >= 0.6 is 0 Å². The average Bonchev–Trinajstić information content (AvgIpc) is 3.08. The van der Waals surface area contributed by atoms with Gasteiger partial charge in [0.25, 0.3) is 0 Å². The number of urea groups is 1. The van der Waals surface area contributed by atoms with Crippen molar-refractivity contribution in [3.05, 3.63) is 101 Å². The molecule has 2 aliphatic rings. The Morgan fingerprint density at radius 3 is 2.31 bits per heavy atom. The lowest BCUT2D eigenvalue weighted by Gasteiger charge is -2.47. The SMILES string of the molecule is [C-]#[N+]c1ccc(N2C(=O)N(c3ccc(C#N)cc3)C3(COC3)C2c2cccc(C)c2)cc1. The quantitative estimate of drug-likeness (QED) is 0.535. The maximum absolute atomic E-state index is 14.0. The number of amides is 2. The van der Waals surface area contributed by atoms with Crippen LogP contribution in [0.1, 0.15) is 22.7 Å². The molecule has 32 heavy (non-hydrogen) atoms. The number of ether oxygens (including phenoxy) is 1. The summed E-state index contributed by atoms with van der Waals surface area (Å²) in [5, 5.41) is 9.18. The molecule has 2 aliphatic heterocycles. The Morgan fingerprint density at radius 1 is 1.06 bits per heavy atom. The molecule has 2 heterocycles. The van der Waals surface area contributed by atoms with E-state index in [2.05, 4.69) is 17.0 Å². The van der Waals surface area contributed by atoms with Crippen molar-refractivity contribution in [3.8, 4) is 6.07 Å². The average molecular weight is 420 g/mol. The number of aryl methyl sites for hydroxylation is 1. The number of nitrogens with zero attached hydrogens (tertiary/aromatic N) is 4. The molecule has 6 nitrogen and oxygen atoms in total. The molecule has 1 atom stereocenters. The van der Waals surface area contributed by atoms with Crippen molar-refractivity contribution >= 4 is 23.1 Å². The molecule has 6 heteroatoms. The number of carbonyl (C=O) groups excluding carboxylic acids is 1. The van der Waals surface area contributed by atoms with E-state index >= 15 is 0 Å². The van der Waals surface area contributed by atoms with E-state index in [9.17, 15) is 10.1 Å². The fraction of sp³-hybridized carbons (Fsp3) is 0.192. The molecule has 0 N–H and O–H groups in total. The molecular formula is C26H20N4O2. The number of nitriles is 1. The van der Waals surface area contributed by atoms with E-state index < -0.39 is 5.54 Å². The predicted octanol–water partition coefficient (Wildman–Crippen LogP) is 5.37. The van der Waals surface area contributed by atoms with Gasteiger partial charge in [0, 0.05) is 11.4 Å². The minimum atomic E-state index is -0.572. The van der Waals surface area contributed by atoms with Gasteiger partial charge in [0.2, 0.25) is 0 Å². The van der Waals surface area contributed by atoms with E-state index in [-0.39, 0.29) is 12.1 Å². The third-order valence-corrected chi connectivity index (χ3v) is 6.18. The smallest absolute Gasteiger partial charge is 0.330 e. The van der Waals surface area contributed by atoms with Crippen LogP contribution < -0.4 is 9.80 Å². The van der Waals surface area contributed by atoms with Crippen LogP contribution in [0.15, 0.2) is 72.8 Å². The predicted molar refractivity (Wildman–Crippen MR) is 122 cm³/mol. The highest BCUT2D eigenvalue weighted by Crippen LogP contribution is 2.51. The highest BCUT2D eigenvalue weighted by molar-refractivity contribution is 6.09. The first kappa shape index (κ1) is 19.8. The molecule has 2 fully saturated rings. The van der Waals surface area contributed by atoms with Gasteiger partial charge in [0.1, 0.15) is 5.54 Å². The van der Waals surface area contributed by atoms with Crippen molar-refractivity contribution in [1.82, 2.24) is 0 Å². The van der Waals surface area contributed by atoms with E-state index in [1.54, 1.807) is 24.3 Å². The van der Waals surface area contributed by atoms with Gasteiger partial charge in [-0.15, -0.1) is 0 Å². The van der Waals surface area contributed by atoms with Crippen LogP contribution in [-0.4, -0.2) is 24.8 Å². The first-order chi connectivity index (χ1) is 15.6. The zero-order valence-electron chi connectivity index (χ0n) is 17.5. The summed E-state index contributed by atoms with van der Waals surface area (Å²) in [6.45, 7) is 10.1. The Bertz CT molecular complexity index is 1260. The molecule has 3 aromatic carbocycles. The molecule has 3 aromatic rings. The van der Waals surface area contributed by atoms with Crippen LogP contribution in [0.25, 0.3) is 4.85 Å². The summed E-state index contributed by atoms with van der Waals surface area (Å²) in [4.78, 5) is 21.1. The fourth-order valence-corrected chi connectivity index (χ4v) is 4.67. The van der Waals surface area contributed by atoms with E-state index in [4.69, 9.17) is 11.3 Å². The normalized spacial score (nSPS) is 18.8. The van der Waals surface area contributed by atoms with Crippen molar-refractivity contribution < 1.29 is 9.53 Å². The van der Waals surface area contributed by atoms with E-state index in [1.165, 1.54) is 0 Å². The summed E-state index contributed by atoms with van der Waals surface area (Å²) in [6, 6.07) is 24.1. The van der Waals surface area contributed by atoms with Crippen molar-refractivity contribution in [2.24, 2.45) is 0 Å². The topological polar surface area (TPSA) is 60.9 Å². The molecule has 1 unspecified atom stereocenters. The molecule has 0 aliphatic carbocycles. The maximum atomic E-state index is 14.0. The van der Waals surface area contributed by atoms with Gasteiger partial charge in [-0.1, -0.05) is 42.0 Å². The van der Waals surface area contributed by atoms with Crippen molar-refractivity contribution in [2.75, 3.05) is 23.0 Å². The number of anilines is 2. The molecule has 0 radical (unpaired) electrons. The van der Waals surface area contributed by atoms with E-state index in [1.807, 2.05) is 59.2 Å². The van der Waals surface area contributed by atoms with Gasteiger partial charge >= 0.3 is 6.03 Å². The highest BCUT2D eigenvalue weighted by atomic mass is 16.5. The van der Waals surface area contributed by atoms with Gasteiger partial charge in [-0.25, -0.2) is 9.64 Å². The number of benzene rings is 3. The molecular weight excluding hydrogens is 400 g/mol. The lowest BCUT2D eigenvalue weighted by Crippen LogP contribution is -2.62. The second-order valence-electron chi connectivity index (χ2n) is 8.19. The molecule has 2 amide bonds. The van der Waals surface area contributed by atoms with Crippen LogP contribution in [0.3, 0.4) is 0 Å². The molecule has 1 spiro atoms. The zero-order chi connectivity index (χ0) is 22.3. The summed E-state index contributed by atoms with van der Waals surface area (Å²) in [5.41, 5.74) is 4.11. The lowest BCUT2D eigenvalue weighted by molar-refractivity contribution is -0.0580. The summed E-state index contributed by atoms with van der Waals surface area (Å²) in [5.74, 6) is 0. The second kappa shape index (κ2) is 7.53. The Kier molecular flexibility index (Phi) is 4.66. The van der Waals surface area contributed by atoms with E-state index in [0.29, 0.717) is 24.5 Å². The summed E-state index contributed by atoms with van der Waals surface area (Å²) in [6.07, 6.45) is 0. The summed E-state index contributed by atoms with van der Waals surface area (Å²) < 4.78 is 5.69. The van der Waals surface area contributed by atoms with Crippen LogP contribution in [0.5, 0.6) is 0 Å². The highest BCUT2D eigenvalue weighted by Gasteiger charge is 2.62. The summed E-state index contributed by atoms with van der Waals surface area (Å²) in [7, 11) is 0. The third kappa shape index (κ3) is 2.93. The standard InChI is InChI=1S/C26H20N4O2/c1-18-4-3-5-20(14-18)24-26(16-32-17-26)30(23-10-6-19(15-27)7-11-23)25(31)29(24)22-12-8-21(28-2)9-13-22/h3-14,24H,16-17H2,1H3. The van der Waals surface area contributed by atoms with Crippen molar-refractivity contribution in [2.45, 2.75) is 18.5 Å². The van der Waals surface area contributed by atoms with Crippen LogP contribution in [0.2, 0.25) is 0 Å². The molecule has 0 saturated carbocycles. The number of rotatable bonds is 3. The summed E-state index contributed by atoms with van der Waals surface area (Å²) >= 11 is 0. The van der Waals surface area contributed by atoms with Gasteiger partial charge in [-0.2, -0.15) is 5.26 Å². The second-order valence-corrected chi connectivity index (χ2v) is 8.19. The van der Waals surface area contributed by atoms with Crippen LogP contribution in [-0.2, 0) is 4.74 Å². The van der Waals surface area contributed by atoms with E-state index in [0.717, 1.165) is 22.5 Å². The minimum absolute atomic E-state index is 0.153. The first-order valence-corrected chi connectivity index (χ1v) is 10.3. The maximum Gasteiger partial charge on any atom is 0.330 e. The minimum Gasteiger partial charge on any atom is -0.376 e. The van der Waals surface area contributed by atoms with Crippen LogP contribution in [0.4, 0.5) is 21.9 Å². The molecule has 0 bridgehead atoms. The van der Waals surface area contributed by atoms with Gasteiger partial charge < -0.3 is 4.74 Å². The number of carbonyl (C=O) groups is 1. The Balaban J connectivity index is 1.69. The lowest BCUT2D eigenvalue weighted by atomic mass is 9.82. The van der Waals surface area contributed by atoms with Crippen molar-refractivity contribution in [1.29, 1.82) is 5.26 Å².